The molecule has 4 heteroatoms. The zero-order valence-corrected chi connectivity index (χ0v) is 11.7. The van der Waals surface area contributed by atoms with E-state index in [9.17, 15) is 0 Å². The van der Waals surface area contributed by atoms with Crippen LogP contribution in [0.3, 0.4) is 0 Å². The van der Waals surface area contributed by atoms with Crippen LogP contribution >= 0.6 is 0 Å². The lowest BCUT2D eigenvalue weighted by atomic mass is 10.1. The summed E-state index contributed by atoms with van der Waals surface area (Å²) in [5.41, 5.74) is 1.29. The summed E-state index contributed by atoms with van der Waals surface area (Å²) in [5.74, 6) is 0. The Kier molecular flexibility index (Phi) is 4.13. The van der Waals surface area contributed by atoms with Crippen molar-refractivity contribution in [1.29, 1.82) is 0 Å². The molecule has 2 aliphatic heterocycles. The third-order valence-corrected chi connectivity index (χ3v) is 4.10. The number of rotatable bonds is 2. The Bertz CT molecular complexity index is 390. The second kappa shape index (κ2) is 6.01. The molecule has 0 spiro atoms. The van der Waals surface area contributed by atoms with E-state index in [0.29, 0.717) is 0 Å². The van der Waals surface area contributed by atoms with Gasteiger partial charge in [0.25, 0.3) is 0 Å². The average Bonchev–Trinajstić information content (AvgIpc) is 2.49. The number of likely N-dealkylation sites (N-methyl/N-ethyl adjacent to an activating group) is 1. The van der Waals surface area contributed by atoms with Crippen LogP contribution in [0.4, 0.5) is 0 Å². The fourth-order valence-corrected chi connectivity index (χ4v) is 2.84. The van der Waals surface area contributed by atoms with Crippen LogP contribution < -0.4 is 0 Å². The van der Waals surface area contributed by atoms with Crippen molar-refractivity contribution in [3.63, 3.8) is 0 Å². The molecule has 0 radical (unpaired) electrons. The highest BCUT2D eigenvalue weighted by Gasteiger charge is 2.27. The zero-order chi connectivity index (χ0) is 13.1. The molecule has 104 valence electrons. The van der Waals surface area contributed by atoms with E-state index in [4.69, 9.17) is 4.74 Å². The van der Waals surface area contributed by atoms with Gasteiger partial charge in [0.15, 0.2) is 0 Å². The highest BCUT2D eigenvalue weighted by molar-refractivity contribution is 5.18. The average molecular weight is 261 g/mol. The maximum atomic E-state index is 5.93. The molecule has 2 aliphatic rings. The predicted molar refractivity (Wildman–Crippen MR) is 75.8 cm³/mol. The summed E-state index contributed by atoms with van der Waals surface area (Å²) >= 11 is 0. The highest BCUT2D eigenvalue weighted by atomic mass is 16.5. The molecule has 19 heavy (non-hydrogen) atoms. The number of morpholine rings is 1. The summed E-state index contributed by atoms with van der Waals surface area (Å²) in [6, 6.07) is 10.6. The van der Waals surface area contributed by atoms with E-state index in [1.54, 1.807) is 0 Å². The van der Waals surface area contributed by atoms with Crippen molar-refractivity contribution in [2.24, 2.45) is 0 Å². The van der Waals surface area contributed by atoms with Gasteiger partial charge in [-0.2, -0.15) is 0 Å². The van der Waals surface area contributed by atoms with Crippen molar-refractivity contribution in [1.82, 2.24) is 14.9 Å². The van der Waals surface area contributed by atoms with Gasteiger partial charge in [0.1, 0.15) is 0 Å². The Morgan fingerprint density at radius 3 is 2.42 bits per heavy atom. The molecule has 1 aromatic carbocycles. The molecule has 2 fully saturated rings. The van der Waals surface area contributed by atoms with Crippen molar-refractivity contribution < 1.29 is 4.74 Å². The molecule has 2 heterocycles. The van der Waals surface area contributed by atoms with Gasteiger partial charge >= 0.3 is 0 Å². The molecular weight excluding hydrogens is 238 g/mol. The van der Waals surface area contributed by atoms with E-state index >= 15 is 0 Å². The van der Waals surface area contributed by atoms with Gasteiger partial charge in [0, 0.05) is 39.3 Å². The Morgan fingerprint density at radius 2 is 1.68 bits per heavy atom. The van der Waals surface area contributed by atoms with E-state index in [1.807, 2.05) is 0 Å². The number of nitrogens with zero attached hydrogens (tertiary/aromatic N) is 3. The largest absolute Gasteiger partial charge is 0.371 e. The second-order valence-corrected chi connectivity index (χ2v) is 5.44. The van der Waals surface area contributed by atoms with Gasteiger partial charge in [-0.1, -0.05) is 30.3 Å². The van der Waals surface area contributed by atoms with Gasteiger partial charge in [-0.15, -0.1) is 0 Å². The highest BCUT2D eigenvalue weighted by Crippen LogP contribution is 2.23. The molecule has 4 nitrogen and oxygen atoms in total. The lowest BCUT2D eigenvalue weighted by Crippen LogP contribution is -2.56. The lowest BCUT2D eigenvalue weighted by Gasteiger charge is -2.43. The summed E-state index contributed by atoms with van der Waals surface area (Å²) in [7, 11) is 2.20. The van der Waals surface area contributed by atoms with E-state index in [1.165, 1.54) is 5.56 Å². The Hall–Kier alpha value is -0.940. The number of hydrogen-bond acceptors (Lipinski definition) is 4. The minimum Gasteiger partial charge on any atom is -0.371 e. The molecule has 0 bridgehead atoms. The van der Waals surface area contributed by atoms with Crippen molar-refractivity contribution >= 4 is 0 Å². The molecule has 0 saturated carbocycles. The second-order valence-electron chi connectivity index (χ2n) is 5.44. The van der Waals surface area contributed by atoms with Crippen LogP contribution in [0, 0.1) is 0 Å². The number of piperazine rings is 1. The first-order valence-corrected chi connectivity index (χ1v) is 7.18. The molecular formula is C15H23N3O. The maximum absolute atomic E-state index is 5.93. The van der Waals surface area contributed by atoms with Crippen LogP contribution in [0.15, 0.2) is 30.3 Å². The van der Waals surface area contributed by atoms with Crippen LogP contribution in [0.2, 0.25) is 0 Å². The first-order valence-electron chi connectivity index (χ1n) is 7.18. The fraction of sp³-hybridized carbons (Fsp3) is 0.600. The minimum absolute atomic E-state index is 0.217. The number of ether oxygens (including phenoxy) is 1. The lowest BCUT2D eigenvalue weighted by molar-refractivity contribution is -0.135. The molecule has 1 atom stereocenters. The van der Waals surface area contributed by atoms with Gasteiger partial charge in [0.05, 0.1) is 12.7 Å². The van der Waals surface area contributed by atoms with E-state index in [2.05, 4.69) is 52.3 Å². The molecule has 1 unspecified atom stereocenters. The number of hydrogen-bond donors (Lipinski definition) is 0. The van der Waals surface area contributed by atoms with Gasteiger partial charge in [-0.05, 0) is 12.6 Å². The van der Waals surface area contributed by atoms with E-state index in [0.717, 1.165) is 45.9 Å². The summed E-state index contributed by atoms with van der Waals surface area (Å²) < 4.78 is 5.93. The molecule has 0 N–H and O–H groups in total. The molecule has 1 aromatic rings. The van der Waals surface area contributed by atoms with Crippen molar-refractivity contribution in [2.75, 3.05) is 52.9 Å². The summed E-state index contributed by atoms with van der Waals surface area (Å²) in [4.78, 5) is 2.39. The van der Waals surface area contributed by atoms with E-state index in [-0.39, 0.29) is 6.10 Å². The van der Waals surface area contributed by atoms with Crippen molar-refractivity contribution in [2.45, 2.75) is 6.10 Å². The summed E-state index contributed by atoms with van der Waals surface area (Å²) in [6.45, 7) is 7.42. The number of benzene rings is 1. The van der Waals surface area contributed by atoms with Crippen LogP contribution in [0.5, 0.6) is 0 Å². The predicted octanol–water partition coefficient (Wildman–Crippen LogP) is 1.22. The van der Waals surface area contributed by atoms with Crippen LogP contribution in [-0.2, 0) is 4.74 Å². The van der Waals surface area contributed by atoms with Crippen LogP contribution in [0.25, 0.3) is 0 Å². The molecule has 0 amide bonds. The first kappa shape index (κ1) is 13.1. The monoisotopic (exact) mass is 261 g/mol. The summed E-state index contributed by atoms with van der Waals surface area (Å²) in [5, 5.41) is 4.98. The topological polar surface area (TPSA) is 19.0 Å². The quantitative estimate of drug-likeness (QED) is 0.797. The molecule has 3 rings (SSSR count). The zero-order valence-electron chi connectivity index (χ0n) is 11.7. The number of hydrazine groups is 1. The third-order valence-electron chi connectivity index (χ3n) is 4.10. The van der Waals surface area contributed by atoms with Gasteiger partial charge in [-0.3, -0.25) is 0 Å². The van der Waals surface area contributed by atoms with E-state index < -0.39 is 0 Å². The molecule has 0 aliphatic carbocycles. The van der Waals surface area contributed by atoms with Gasteiger partial charge < -0.3 is 9.64 Å². The third kappa shape index (κ3) is 3.15. The maximum Gasteiger partial charge on any atom is 0.0966 e. The van der Waals surface area contributed by atoms with Gasteiger partial charge in [0.2, 0.25) is 0 Å². The SMILES string of the molecule is CN1CCN(N2CCOC(c3ccccc3)C2)CC1. The Labute approximate surface area is 115 Å². The minimum atomic E-state index is 0.217. The molecule has 0 aromatic heterocycles. The van der Waals surface area contributed by atoms with Crippen molar-refractivity contribution in [3.05, 3.63) is 35.9 Å². The standard InChI is InChI=1S/C15H23N3O/c1-16-7-9-17(10-8-16)18-11-12-19-15(13-18)14-5-3-2-4-6-14/h2-6,15H,7-13H2,1H3. The fourth-order valence-electron chi connectivity index (χ4n) is 2.84. The Balaban J connectivity index is 1.62. The summed E-state index contributed by atoms with van der Waals surface area (Å²) in [6.07, 6.45) is 0.217. The van der Waals surface area contributed by atoms with Crippen LogP contribution in [0.1, 0.15) is 11.7 Å². The Morgan fingerprint density at radius 1 is 0.947 bits per heavy atom. The normalized spacial score (nSPS) is 27.5. The van der Waals surface area contributed by atoms with Crippen molar-refractivity contribution in [3.8, 4) is 0 Å². The van der Waals surface area contributed by atoms with Gasteiger partial charge in [-0.25, -0.2) is 10.0 Å². The van der Waals surface area contributed by atoms with Crippen LogP contribution in [-0.4, -0.2) is 67.8 Å². The smallest absolute Gasteiger partial charge is 0.0966 e. The first-order chi connectivity index (χ1) is 9.33. The molecule has 2 saturated heterocycles.